The third kappa shape index (κ3) is 3.16. The van der Waals surface area contributed by atoms with Gasteiger partial charge >= 0.3 is 6.03 Å². The molecule has 0 aliphatic carbocycles. The summed E-state index contributed by atoms with van der Waals surface area (Å²) in [6, 6.07) is -0.831. The Morgan fingerprint density at radius 1 is 1.35 bits per heavy atom. The zero-order chi connectivity index (χ0) is 18.3. The van der Waals surface area contributed by atoms with Crippen molar-refractivity contribution in [2.75, 3.05) is 32.4 Å². The topological polar surface area (TPSA) is 81.1 Å². The van der Waals surface area contributed by atoms with E-state index in [1.807, 2.05) is 12.3 Å². The van der Waals surface area contributed by atoms with Gasteiger partial charge in [0.25, 0.3) is 5.91 Å². The van der Waals surface area contributed by atoms with E-state index in [-0.39, 0.29) is 11.9 Å². The smallest absolute Gasteiger partial charge is 0.325 e. The average molecular weight is 395 g/mol. The largest absolute Gasteiger partial charge is 0.343 e. The number of carbonyl (C=O) groups is 2. The van der Waals surface area contributed by atoms with Gasteiger partial charge in [0.15, 0.2) is 18.2 Å². The highest BCUT2D eigenvalue weighted by atomic mass is 32.2. The number of likely N-dealkylation sites (tertiary alicyclic amines) is 1. The summed E-state index contributed by atoms with van der Waals surface area (Å²) in [4.78, 5) is 39.6. The summed E-state index contributed by atoms with van der Waals surface area (Å²) in [5, 5.41) is 4.49. The SMILES string of the molecule is Cc1csc(SCCN2C(N3CCCC3)=NC3C2C(=O)NC(=O)N3C)n1. The second-order valence-corrected chi connectivity index (χ2v) is 8.88. The number of amides is 3. The summed E-state index contributed by atoms with van der Waals surface area (Å²) in [6.45, 7) is 4.58. The molecular formula is C16H22N6O2S2. The zero-order valence-corrected chi connectivity index (χ0v) is 16.5. The minimum Gasteiger partial charge on any atom is -0.343 e. The van der Waals surface area contributed by atoms with Gasteiger partial charge in [-0.1, -0.05) is 11.8 Å². The first-order chi connectivity index (χ1) is 12.5. The number of aryl methyl sites for hydroxylation is 1. The molecule has 2 fully saturated rings. The molecular weight excluding hydrogens is 372 g/mol. The molecule has 0 spiro atoms. The third-order valence-corrected chi connectivity index (χ3v) is 7.00. The van der Waals surface area contributed by atoms with Crippen LogP contribution in [0.5, 0.6) is 0 Å². The normalized spacial score (nSPS) is 25.6. The first kappa shape index (κ1) is 17.6. The molecule has 26 heavy (non-hydrogen) atoms. The molecule has 2 atom stereocenters. The molecule has 3 amide bonds. The number of thiazole rings is 1. The lowest BCUT2D eigenvalue weighted by molar-refractivity contribution is -0.127. The molecule has 4 heterocycles. The molecule has 0 radical (unpaired) electrons. The monoisotopic (exact) mass is 394 g/mol. The average Bonchev–Trinajstić information content (AvgIpc) is 3.32. The number of imide groups is 1. The highest BCUT2D eigenvalue weighted by molar-refractivity contribution is 8.01. The lowest BCUT2D eigenvalue weighted by atomic mass is 10.1. The number of aliphatic imine (C=N–C) groups is 1. The van der Waals surface area contributed by atoms with Crippen molar-refractivity contribution >= 4 is 41.0 Å². The van der Waals surface area contributed by atoms with E-state index in [9.17, 15) is 9.59 Å². The number of thioether (sulfide) groups is 1. The maximum absolute atomic E-state index is 12.5. The minimum atomic E-state index is -0.452. The standard InChI is InChI=1S/C16H22N6O2S2/c1-10-9-26-16(17-10)25-8-7-22-11-12(20(2)15(24)19-13(11)23)18-14(22)21-5-3-4-6-21/h9,11-12H,3-8H2,1-2H3,(H,19,23,24). The zero-order valence-electron chi connectivity index (χ0n) is 14.8. The molecule has 140 valence electrons. The first-order valence-electron chi connectivity index (χ1n) is 8.76. The molecule has 4 rings (SSSR count). The van der Waals surface area contributed by atoms with Gasteiger partial charge in [0.1, 0.15) is 4.34 Å². The van der Waals surface area contributed by atoms with E-state index in [2.05, 4.69) is 20.1 Å². The minimum absolute atomic E-state index is 0.258. The quantitative estimate of drug-likeness (QED) is 0.773. The van der Waals surface area contributed by atoms with Gasteiger partial charge in [0.05, 0.1) is 0 Å². The van der Waals surface area contributed by atoms with E-state index in [1.54, 1.807) is 30.1 Å². The van der Waals surface area contributed by atoms with Gasteiger partial charge < -0.3 is 14.7 Å². The van der Waals surface area contributed by atoms with Crippen molar-refractivity contribution in [1.29, 1.82) is 0 Å². The molecule has 10 heteroatoms. The predicted octanol–water partition coefficient (Wildman–Crippen LogP) is 1.19. The van der Waals surface area contributed by atoms with Gasteiger partial charge in [-0.3, -0.25) is 10.1 Å². The van der Waals surface area contributed by atoms with Gasteiger partial charge in [-0.05, 0) is 19.8 Å². The number of guanidine groups is 1. The van der Waals surface area contributed by atoms with Gasteiger partial charge in [-0.15, -0.1) is 11.3 Å². The summed E-state index contributed by atoms with van der Waals surface area (Å²) >= 11 is 3.34. The molecule has 0 saturated carbocycles. The van der Waals surface area contributed by atoms with Gasteiger partial charge in [0.2, 0.25) is 0 Å². The summed E-state index contributed by atoms with van der Waals surface area (Å²) in [6.07, 6.45) is 1.83. The fraction of sp³-hybridized carbons (Fsp3) is 0.625. The maximum atomic E-state index is 12.5. The predicted molar refractivity (Wildman–Crippen MR) is 101 cm³/mol. The van der Waals surface area contributed by atoms with E-state index in [4.69, 9.17) is 4.99 Å². The molecule has 3 aliphatic rings. The Balaban J connectivity index is 1.52. The number of likely N-dealkylation sites (N-methyl/N-ethyl adjacent to an activating group) is 1. The van der Waals surface area contributed by atoms with E-state index < -0.39 is 12.2 Å². The van der Waals surface area contributed by atoms with Gasteiger partial charge in [-0.2, -0.15) is 0 Å². The summed E-state index contributed by atoms with van der Waals surface area (Å²) in [7, 11) is 1.70. The molecule has 3 aliphatic heterocycles. The Labute approximate surface area is 160 Å². The van der Waals surface area contributed by atoms with E-state index in [0.29, 0.717) is 6.54 Å². The Hall–Kier alpha value is -1.81. The number of fused-ring (bicyclic) bond motifs is 1. The lowest BCUT2D eigenvalue weighted by Crippen LogP contribution is -2.64. The van der Waals surface area contributed by atoms with Gasteiger partial charge in [0, 0.05) is 43.5 Å². The molecule has 0 aromatic carbocycles. The van der Waals surface area contributed by atoms with Crippen molar-refractivity contribution < 1.29 is 9.59 Å². The van der Waals surface area contributed by atoms with Crippen LogP contribution in [-0.4, -0.2) is 82.2 Å². The number of rotatable bonds is 4. The van der Waals surface area contributed by atoms with E-state index in [0.717, 1.165) is 47.7 Å². The molecule has 1 aromatic rings. The third-order valence-electron chi connectivity index (χ3n) is 4.88. The van der Waals surface area contributed by atoms with Gasteiger partial charge in [-0.25, -0.2) is 14.8 Å². The highest BCUT2D eigenvalue weighted by Gasteiger charge is 2.49. The number of hydrogen-bond donors (Lipinski definition) is 1. The van der Waals surface area contributed by atoms with Crippen molar-refractivity contribution in [1.82, 2.24) is 25.0 Å². The van der Waals surface area contributed by atoms with Crippen LogP contribution in [0.1, 0.15) is 18.5 Å². The van der Waals surface area contributed by atoms with Crippen LogP contribution < -0.4 is 5.32 Å². The van der Waals surface area contributed by atoms with Crippen LogP contribution in [-0.2, 0) is 4.79 Å². The molecule has 1 N–H and O–H groups in total. The Bertz CT molecular complexity index is 745. The van der Waals surface area contributed by atoms with Crippen LogP contribution in [0, 0.1) is 6.92 Å². The fourth-order valence-electron chi connectivity index (χ4n) is 3.56. The number of urea groups is 1. The number of hydrogen-bond acceptors (Lipinski definition) is 8. The Morgan fingerprint density at radius 3 is 2.81 bits per heavy atom. The first-order valence-corrected chi connectivity index (χ1v) is 10.6. The number of nitrogens with one attached hydrogen (secondary N) is 1. The van der Waals surface area contributed by atoms with Crippen LogP contribution in [0.4, 0.5) is 4.79 Å². The summed E-state index contributed by atoms with van der Waals surface area (Å²) < 4.78 is 1.04. The summed E-state index contributed by atoms with van der Waals surface area (Å²) in [5.74, 6) is 1.41. The van der Waals surface area contributed by atoms with Crippen LogP contribution >= 0.6 is 23.1 Å². The molecule has 8 nitrogen and oxygen atoms in total. The molecule has 0 bridgehead atoms. The molecule has 1 aromatic heterocycles. The highest BCUT2D eigenvalue weighted by Crippen LogP contribution is 2.28. The number of nitrogens with zero attached hydrogens (tertiary/aromatic N) is 5. The number of carbonyl (C=O) groups excluding carboxylic acids is 2. The number of aromatic nitrogens is 1. The van der Waals surface area contributed by atoms with E-state index >= 15 is 0 Å². The van der Waals surface area contributed by atoms with Crippen molar-refractivity contribution in [3.63, 3.8) is 0 Å². The molecule has 2 saturated heterocycles. The fourth-order valence-corrected chi connectivity index (χ4v) is 5.42. The second-order valence-electron chi connectivity index (χ2n) is 6.68. The van der Waals surface area contributed by atoms with Crippen LogP contribution in [0.25, 0.3) is 0 Å². The maximum Gasteiger partial charge on any atom is 0.325 e. The summed E-state index contributed by atoms with van der Waals surface area (Å²) in [5.41, 5.74) is 1.03. The van der Waals surface area contributed by atoms with Crippen LogP contribution in [0.3, 0.4) is 0 Å². The Morgan fingerprint density at radius 2 is 2.12 bits per heavy atom. The second kappa shape index (κ2) is 7.07. The van der Waals surface area contributed by atoms with Crippen molar-refractivity contribution in [3.05, 3.63) is 11.1 Å². The lowest BCUT2D eigenvalue weighted by Gasteiger charge is -2.37. The van der Waals surface area contributed by atoms with E-state index in [1.165, 1.54) is 4.90 Å². The van der Waals surface area contributed by atoms with Crippen LogP contribution in [0.2, 0.25) is 0 Å². The van der Waals surface area contributed by atoms with Crippen molar-refractivity contribution in [2.24, 2.45) is 4.99 Å². The molecule has 2 unspecified atom stereocenters. The van der Waals surface area contributed by atoms with Crippen LogP contribution in [0.15, 0.2) is 14.7 Å². The van der Waals surface area contributed by atoms with Crippen molar-refractivity contribution in [3.8, 4) is 0 Å². The Kier molecular flexibility index (Phi) is 4.78. The van der Waals surface area contributed by atoms with Crippen molar-refractivity contribution in [2.45, 2.75) is 36.3 Å².